The highest BCUT2D eigenvalue weighted by Crippen LogP contribution is 2.38. The lowest BCUT2D eigenvalue weighted by molar-refractivity contribution is 0.391. The molecule has 0 spiro atoms. The van der Waals surface area contributed by atoms with Crippen molar-refractivity contribution < 1.29 is 13.9 Å². The number of aryl methyl sites for hydroxylation is 2. The molecule has 12 heteroatoms. The lowest BCUT2D eigenvalue weighted by atomic mass is 10.2. The second kappa shape index (κ2) is 9.92. The molecule has 9 nitrogen and oxygen atoms in total. The predicted molar refractivity (Wildman–Crippen MR) is 122 cm³/mol. The van der Waals surface area contributed by atoms with Gasteiger partial charge in [-0.2, -0.15) is 0 Å². The van der Waals surface area contributed by atoms with E-state index in [9.17, 15) is 4.39 Å². The Balaban J connectivity index is 1.65. The maximum Gasteiger partial charge on any atom is 0.239 e. The minimum atomic E-state index is -0.455. The van der Waals surface area contributed by atoms with Gasteiger partial charge in [0.15, 0.2) is 16.6 Å². The molecule has 1 N–H and O–H groups in total. The molecule has 0 aliphatic carbocycles. The molecule has 0 aliphatic rings. The van der Waals surface area contributed by atoms with E-state index in [1.54, 1.807) is 14.2 Å². The van der Waals surface area contributed by atoms with Crippen LogP contribution in [-0.4, -0.2) is 49.7 Å². The van der Waals surface area contributed by atoms with Crippen molar-refractivity contribution >= 4 is 29.2 Å². The largest absolute Gasteiger partial charge is 0.494 e. The standard InChI is InChI=1S/C20H20FN7O2S2/c1-12-11-31-19(24-12)18-25-26-20(27-32-8-7-16-22-9-13(21)10-23-16)28(18)17-14(29-2)5-4-6-15(17)30-3/h4-6,9-11H,7-8H2,1-3H3,(H,26,27). The highest BCUT2D eigenvalue weighted by atomic mass is 32.2. The van der Waals surface area contributed by atoms with E-state index in [-0.39, 0.29) is 0 Å². The van der Waals surface area contributed by atoms with Crippen molar-refractivity contribution in [2.75, 3.05) is 24.7 Å². The van der Waals surface area contributed by atoms with Crippen LogP contribution in [0.2, 0.25) is 0 Å². The lowest BCUT2D eigenvalue weighted by Crippen LogP contribution is -2.07. The fourth-order valence-electron chi connectivity index (χ4n) is 2.94. The molecule has 32 heavy (non-hydrogen) atoms. The molecule has 4 aromatic rings. The third kappa shape index (κ3) is 4.65. The summed E-state index contributed by atoms with van der Waals surface area (Å²) in [7, 11) is 3.20. The summed E-state index contributed by atoms with van der Waals surface area (Å²) in [6, 6.07) is 5.54. The summed E-state index contributed by atoms with van der Waals surface area (Å²) in [4.78, 5) is 12.5. The van der Waals surface area contributed by atoms with Gasteiger partial charge < -0.3 is 9.47 Å². The van der Waals surface area contributed by atoms with Crippen LogP contribution in [0.5, 0.6) is 11.5 Å². The van der Waals surface area contributed by atoms with Crippen LogP contribution in [0.3, 0.4) is 0 Å². The third-order valence-electron chi connectivity index (χ3n) is 4.36. The number of ether oxygens (including phenoxy) is 2. The summed E-state index contributed by atoms with van der Waals surface area (Å²) in [5, 5.41) is 11.4. The SMILES string of the molecule is COc1cccc(OC)c1-n1c(NSCCc2ncc(F)cn2)nnc1-c1nc(C)cs1. The fourth-order valence-corrected chi connectivity index (χ4v) is 4.35. The zero-order valence-corrected chi connectivity index (χ0v) is 19.2. The number of halogens is 1. The molecule has 0 radical (unpaired) electrons. The van der Waals surface area contributed by atoms with Gasteiger partial charge >= 0.3 is 0 Å². The number of aromatic nitrogens is 6. The number of thiazole rings is 1. The van der Waals surface area contributed by atoms with Crippen LogP contribution >= 0.6 is 23.3 Å². The average molecular weight is 474 g/mol. The van der Waals surface area contributed by atoms with E-state index in [0.29, 0.717) is 47.0 Å². The summed E-state index contributed by atoms with van der Waals surface area (Å²) in [6.07, 6.45) is 2.88. The monoisotopic (exact) mass is 473 g/mol. The molecule has 0 atom stereocenters. The molecule has 0 saturated heterocycles. The number of para-hydroxylation sites is 1. The molecular weight excluding hydrogens is 453 g/mol. The third-order valence-corrected chi connectivity index (χ3v) is 6.06. The first-order chi connectivity index (χ1) is 15.6. The van der Waals surface area contributed by atoms with E-state index in [1.165, 1.54) is 23.3 Å². The Morgan fingerprint density at radius 1 is 1.12 bits per heavy atom. The summed E-state index contributed by atoms with van der Waals surface area (Å²) in [6.45, 7) is 1.93. The minimum absolute atomic E-state index is 0.455. The molecule has 4 rings (SSSR count). The summed E-state index contributed by atoms with van der Waals surface area (Å²) in [5.74, 6) is 3.00. The Labute approximate surface area is 192 Å². The van der Waals surface area contributed by atoms with Crippen molar-refractivity contribution in [3.05, 3.63) is 53.3 Å². The topological polar surface area (TPSA) is 99.9 Å². The Bertz CT molecular complexity index is 1170. The minimum Gasteiger partial charge on any atom is -0.494 e. The van der Waals surface area contributed by atoms with Gasteiger partial charge in [-0.25, -0.2) is 19.3 Å². The Kier molecular flexibility index (Phi) is 6.81. The number of anilines is 1. The van der Waals surface area contributed by atoms with E-state index in [0.717, 1.165) is 23.1 Å². The van der Waals surface area contributed by atoms with Crippen LogP contribution < -0.4 is 14.2 Å². The molecule has 0 bridgehead atoms. The van der Waals surface area contributed by atoms with Crippen molar-refractivity contribution in [1.82, 2.24) is 29.7 Å². The first-order valence-electron chi connectivity index (χ1n) is 9.54. The quantitative estimate of drug-likeness (QED) is 0.286. The Hall–Kier alpha value is -3.25. The van der Waals surface area contributed by atoms with Crippen LogP contribution in [0.4, 0.5) is 10.3 Å². The number of methoxy groups -OCH3 is 2. The number of hydrogen-bond acceptors (Lipinski definition) is 10. The first kappa shape index (κ1) is 22.0. The van der Waals surface area contributed by atoms with Gasteiger partial charge in [0.25, 0.3) is 0 Å². The van der Waals surface area contributed by atoms with Gasteiger partial charge in [-0.15, -0.1) is 21.5 Å². The van der Waals surface area contributed by atoms with Crippen LogP contribution in [0.25, 0.3) is 16.5 Å². The van der Waals surface area contributed by atoms with E-state index < -0.39 is 5.82 Å². The fraction of sp³-hybridized carbons (Fsp3) is 0.250. The Morgan fingerprint density at radius 2 is 1.84 bits per heavy atom. The molecule has 1 aromatic carbocycles. The Morgan fingerprint density at radius 3 is 2.47 bits per heavy atom. The van der Waals surface area contributed by atoms with Crippen molar-refractivity contribution in [3.8, 4) is 28.0 Å². The number of rotatable bonds is 9. The number of nitrogens with one attached hydrogen (secondary N) is 1. The molecule has 3 aromatic heterocycles. The first-order valence-corrected chi connectivity index (χ1v) is 11.4. The zero-order valence-electron chi connectivity index (χ0n) is 17.6. The van der Waals surface area contributed by atoms with Crippen LogP contribution in [-0.2, 0) is 6.42 Å². The van der Waals surface area contributed by atoms with Crippen molar-refractivity contribution in [3.63, 3.8) is 0 Å². The smallest absolute Gasteiger partial charge is 0.239 e. The van der Waals surface area contributed by atoms with Crippen LogP contribution in [0.1, 0.15) is 11.5 Å². The highest BCUT2D eigenvalue weighted by molar-refractivity contribution is 8.00. The van der Waals surface area contributed by atoms with Gasteiger partial charge in [-0.1, -0.05) is 6.07 Å². The zero-order chi connectivity index (χ0) is 22.5. The highest BCUT2D eigenvalue weighted by Gasteiger charge is 2.23. The van der Waals surface area contributed by atoms with Crippen molar-refractivity contribution in [2.45, 2.75) is 13.3 Å². The summed E-state index contributed by atoms with van der Waals surface area (Å²) in [5.41, 5.74) is 1.56. The maximum atomic E-state index is 13.0. The second-order valence-corrected chi connectivity index (χ2v) is 8.26. The van der Waals surface area contributed by atoms with Gasteiger partial charge in [0.1, 0.15) is 23.0 Å². The summed E-state index contributed by atoms with van der Waals surface area (Å²) < 4.78 is 29.3. The van der Waals surface area contributed by atoms with E-state index >= 15 is 0 Å². The molecule has 0 saturated carbocycles. The molecule has 0 aliphatic heterocycles. The second-order valence-electron chi connectivity index (χ2n) is 6.51. The molecule has 3 heterocycles. The number of nitrogens with zero attached hydrogens (tertiary/aromatic N) is 6. The van der Waals surface area contributed by atoms with Gasteiger partial charge in [0.05, 0.1) is 26.6 Å². The predicted octanol–water partition coefficient (Wildman–Crippen LogP) is 3.95. The summed E-state index contributed by atoms with van der Waals surface area (Å²) >= 11 is 2.89. The molecule has 0 amide bonds. The van der Waals surface area contributed by atoms with Gasteiger partial charge in [0, 0.05) is 23.2 Å². The molecule has 0 fully saturated rings. The van der Waals surface area contributed by atoms with E-state index in [4.69, 9.17) is 9.47 Å². The van der Waals surface area contributed by atoms with Crippen LogP contribution in [0, 0.1) is 12.7 Å². The van der Waals surface area contributed by atoms with Crippen molar-refractivity contribution in [1.29, 1.82) is 0 Å². The normalized spacial score (nSPS) is 10.9. The van der Waals surface area contributed by atoms with E-state index in [2.05, 4.69) is 29.9 Å². The molecule has 166 valence electrons. The lowest BCUT2D eigenvalue weighted by Gasteiger charge is -2.16. The van der Waals surface area contributed by atoms with E-state index in [1.807, 2.05) is 35.1 Å². The number of benzene rings is 1. The molecular formula is C20H20FN7O2S2. The van der Waals surface area contributed by atoms with Crippen LogP contribution in [0.15, 0.2) is 36.0 Å². The van der Waals surface area contributed by atoms with Gasteiger partial charge in [0.2, 0.25) is 5.95 Å². The maximum absolute atomic E-state index is 13.0. The van der Waals surface area contributed by atoms with Crippen molar-refractivity contribution in [2.24, 2.45) is 0 Å². The average Bonchev–Trinajstić information content (AvgIpc) is 3.43. The van der Waals surface area contributed by atoms with Gasteiger partial charge in [-0.3, -0.25) is 9.29 Å². The van der Waals surface area contributed by atoms with Gasteiger partial charge in [-0.05, 0) is 31.0 Å². The number of hydrogen-bond donors (Lipinski definition) is 1. The molecule has 0 unspecified atom stereocenters.